The monoisotopic (exact) mass is 465 g/mol. The predicted molar refractivity (Wildman–Crippen MR) is 116 cm³/mol. The molecule has 1 aliphatic rings. The van der Waals surface area contributed by atoms with E-state index >= 15 is 0 Å². The molecule has 1 amide bonds. The maximum atomic E-state index is 12.6. The number of anilines is 2. The van der Waals surface area contributed by atoms with Gasteiger partial charge in [0.15, 0.2) is 0 Å². The lowest BCUT2D eigenvalue weighted by Gasteiger charge is -2.33. The number of halogens is 5. The van der Waals surface area contributed by atoms with E-state index in [1.54, 1.807) is 12.1 Å². The number of amides is 1. The van der Waals surface area contributed by atoms with Crippen LogP contribution in [0, 0.1) is 0 Å². The lowest BCUT2D eigenvalue weighted by atomic mass is 10.0. The topological polar surface area (TPSA) is 53.6 Å². The Bertz CT molecular complexity index is 831. The van der Waals surface area contributed by atoms with Gasteiger partial charge in [-0.2, -0.15) is 0 Å². The van der Waals surface area contributed by atoms with Gasteiger partial charge in [0, 0.05) is 24.5 Å². The number of hydrogen-bond donors (Lipinski definition) is 2. The van der Waals surface area contributed by atoms with Crippen molar-refractivity contribution in [2.75, 3.05) is 30.4 Å². The first-order chi connectivity index (χ1) is 13.3. The Morgan fingerprint density at radius 3 is 2.43 bits per heavy atom. The van der Waals surface area contributed by atoms with Gasteiger partial charge in [-0.15, -0.1) is 38.0 Å². The second kappa shape index (κ2) is 11.3. The van der Waals surface area contributed by atoms with Gasteiger partial charge in [0.25, 0.3) is 5.91 Å². The number of piperidine rings is 1. The summed E-state index contributed by atoms with van der Waals surface area (Å²) in [5, 5.41) is 5.98. The molecule has 0 spiro atoms. The minimum atomic E-state index is -4.87. The molecule has 30 heavy (non-hydrogen) atoms. The van der Waals surface area contributed by atoms with Crippen LogP contribution in [0.25, 0.3) is 0 Å². The highest BCUT2D eigenvalue weighted by Crippen LogP contribution is 2.28. The second-order valence-corrected chi connectivity index (χ2v) is 6.64. The molecule has 0 aromatic heterocycles. The minimum Gasteiger partial charge on any atom is -0.405 e. The van der Waals surface area contributed by atoms with E-state index in [0.29, 0.717) is 11.7 Å². The largest absolute Gasteiger partial charge is 0.573 e. The van der Waals surface area contributed by atoms with E-state index in [1.807, 2.05) is 19.2 Å². The van der Waals surface area contributed by atoms with Crippen molar-refractivity contribution in [3.05, 3.63) is 54.1 Å². The van der Waals surface area contributed by atoms with Crippen LogP contribution in [-0.4, -0.2) is 38.4 Å². The Kier molecular flexibility index (Phi) is 9.74. The number of hydrogen-bond acceptors (Lipinski definition) is 4. The van der Waals surface area contributed by atoms with Crippen LogP contribution in [-0.2, 0) is 0 Å². The Morgan fingerprint density at radius 2 is 1.77 bits per heavy atom. The van der Waals surface area contributed by atoms with Crippen LogP contribution in [0.1, 0.15) is 23.2 Å². The first-order valence-electron chi connectivity index (χ1n) is 9.03. The van der Waals surface area contributed by atoms with E-state index in [1.165, 1.54) is 18.2 Å². The van der Waals surface area contributed by atoms with Crippen LogP contribution in [0.2, 0.25) is 0 Å². The number of ether oxygens (including phenoxy) is 1. The van der Waals surface area contributed by atoms with Gasteiger partial charge in [0.05, 0.1) is 5.56 Å². The summed E-state index contributed by atoms with van der Waals surface area (Å²) in [6, 6.07) is 12.9. The van der Waals surface area contributed by atoms with Crippen LogP contribution in [0.4, 0.5) is 24.5 Å². The van der Waals surface area contributed by atoms with Crippen molar-refractivity contribution in [3.63, 3.8) is 0 Å². The Labute approximate surface area is 185 Å². The van der Waals surface area contributed by atoms with Gasteiger partial charge >= 0.3 is 6.36 Å². The molecule has 2 N–H and O–H groups in total. The van der Waals surface area contributed by atoms with Gasteiger partial charge < -0.3 is 20.3 Å². The highest BCUT2D eigenvalue weighted by atomic mass is 35.5. The fourth-order valence-electron chi connectivity index (χ4n) is 3.27. The SMILES string of the molecule is CN(c1cccc(NC(=O)c2ccccc2OC(F)(F)F)c1)C1CCNCC1.Cl.Cl. The molecule has 5 nitrogen and oxygen atoms in total. The van der Waals surface area contributed by atoms with Crippen molar-refractivity contribution in [3.8, 4) is 5.75 Å². The van der Waals surface area contributed by atoms with Crippen molar-refractivity contribution in [1.29, 1.82) is 0 Å². The molecular formula is C20H24Cl2F3N3O2. The van der Waals surface area contributed by atoms with E-state index in [4.69, 9.17) is 0 Å². The zero-order valence-corrected chi connectivity index (χ0v) is 17.9. The molecule has 1 aliphatic heterocycles. The lowest BCUT2D eigenvalue weighted by molar-refractivity contribution is -0.274. The van der Waals surface area contributed by atoms with Crippen molar-refractivity contribution in [2.24, 2.45) is 0 Å². The highest BCUT2D eigenvalue weighted by Gasteiger charge is 2.32. The third-order valence-corrected chi connectivity index (χ3v) is 4.73. The van der Waals surface area contributed by atoms with Gasteiger partial charge in [-0.05, 0) is 56.3 Å². The van der Waals surface area contributed by atoms with Gasteiger partial charge in [-0.25, -0.2) is 0 Å². The maximum absolute atomic E-state index is 12.6. The standard InChI is InChI=1S/C20H22F3N3O2.2ClH/c1-26(15-9-11-24-12-10-15)16-6-4-5-14(13-16)25-19(27)17-7-2-3-8-18(17)28-20(21,22)23;;/h2-8,13,15,24H,9-12H2,1H3,(H,25,27);2*1H. The maximum Gasteiger partial charge on any atom is 0.573 e. The first kappa shape index (κ1) is 25.9. The molecular weight excluding hydrogens is 442 g/mol. The second-order valence-electron chi connectivity index (χ2n) is 6.64. The molecule has 1 fully saturated rings. The van der Waals surface area contributed by atoms with Gasteiger partial charge in [-0.3, -0.25) is 4.79 Å². The average Bonchev–Trinajstić information content (AvgIpc) is 2.67. The van der Waals surface area contributed by atoms with Crippen LogP contribution in [0.15, 0.2) is 48.5 Å². The molecule has 0 atom stereocenters. The summed E-state index contributed by atoms with van der Waals surface area (Å²) in [6.07, 6.45) is -2.82. The van der Waals surface area contributed by atoms with Crippen LogP contribution >= 0.6 is 24.8 Å². The van der Waals surface area contributed by atoms with Crippen molar-refractivity contribution >= 4 is 42.1 Å². The third-order valence-electron chi connectivity index (χ3n) is 4.73. The van der Waals surface area contributed by atoms with E-state index in [9.17, 15) is 18.0 Å². The Hall–Kier alpha value is -2.16. The molecule has 0 radical (unpaired) electrons. The quantitative estimate of drug-likeness (QED) is 0.661. The average molecular weight is 466 g/mol. The number of carbonyl (C=O) groups excluding carboxylic acids is 1. The number of benzene rings is 2. The summed E-state index contributed by atoms with van der Waals surface area (Å²) in [7, 11) is 2.00. The summed E-state index contributed by atoms with van der Waals surface area (Å²) in [5.41, 5.74) is 1.26. The summed E-state index contributed by atoms with van der Waals surface area (Å²) in [4.78, 5) is 14.7. The van der Waals surface area contributed by atoms with Crippen LogP contribution in [0.5, 0.6) is 5.75 Å². The number of rotatable bonds is 5. The minimum absolute atomic E-state index is 0. The molecule has 0 aliphatic carbocycles. The smallest absolute Gasteiger partial charge is 0.405 e. The normalized spacial score (nSPS) is 14.1. The van der Waals surface area contributed by atoms with Crippen LogP contribution < -0.4 is 20.3 Å². The molecule has 2 aromatic rings. The summed E-state index contributed by atoms with van der Waals surface area (Å²) in [5.74, 6) is -1.20. The fraction of sp³-hybridized carbons (Fsp3) is 0.350. The summed E-state index contributed by atoms with van der Waals surface area (Å²) < 4.78 is 41.7. The zero-order chi connectivity index (χ0) is 20.1. The Balaban J connectivity index is 0.00000225. The zero-order valence-electron chi connectivity index (χ0n) is 16.2. The number of nitrogens with zero attached hydrogens (tertiary/aromatic N) is 1. The molecule has 2 aromatic carbocycles. The Morgan fingerprint density at radius 1 is 1.10 bits per heavy atom. The van der Waals surface area contributed by atoms with Crippen molar-refractivity contribution < 1.29 is 22.7 Å². The molecule has 3 rings (SSSR count). The number of para-hydroxylation sites is 1. The number of alkyl halides is 3. The summed E-state index contributed by atoms with van der Waals surface area (Å²) >= 11 is 0. The predicted octanol–water partition coefficient (Wildman–Crippen LogP) is 4.87. The highest BCUT2D eigenvalue weighted by molar-refractivity contribution is 6.06. The van der Waals surface area contributed by atoms with Gasteiger partial charge in [-0.1, -0.05) is 18.2 Å². The van der Waals surface area contributed by atoms with Gasteiger partial charge in [0.1, 0.15) is 5.75 Å². The molecule has 0 bridgehead atoms. The molecule has 1 heterocycles. The van der Waals surface area contributed by atoms with Crippen LogP contribution in [0.3, 0.4) is 0 Å². The van der Waals surface area contributed by atoms with E-state index in [2.05, 4.69) is 20.3 Å². The molecule has 0 unspecified atom stereocenters. The fourth-order valence-corrected chi connectivity index (χ4v) is 3.27. The number of carbonyl (C=O) groups is 1. The molecule has 0 saturated carbocycles. The third kappa shape index (κ3) is 6.97. The molecule has 166 valence electrons. The molecule has 1 saturated heterocycles. The van der Waals surface area contributed by atoms with E-state index in [-0.39, 0.29) is 30.4 Å². The lowest BCUT2D eigenvalue weighted by Crippen LogP contribution is -2.41. The van der Waals surface area contributed by atoms with Crippen molar-refractivity contribution in [2.45, 2.75) is 25.2 Å². The van der Waals surface area contributed by atoms with Gasteiger partial charge in [0.2, 0.25) is 0 Å². The molecule has 10 heteroatoms. The van der Waals surface area contributed by atoms with E-state index in [0.717, 1.165) is 37.7 Å². The van der Waals surface area contributed by atoms with Crippen molar-refractivity contribution in [1.82, 2.24) is 5.32 Å². The summed E-state index contributed by atoms with van der Waals surface area (Å²) in [6.45, 7) is 1.92. The number of nitrogens with one attached hydrogen (secondary N) is 2. The first-order valence-corrected chi connectivity index (χ1v) is 9.03. The van der Waals surface area contributed by atoms with E-state index < -0.39 is 18.0 Å².